The summed E-state index contributed by atoms with van der Waals surface area (Å²) >= 11 is 1.55. The van der Waals surface area contributed by atoms with Crippen LogP contribution in [0.3, 0.4) is 0 Å². The van der Waals surface area contributed by atoms with Gasteiger partial charge in [0.05, 0.1) is 23.1 Å². The number of pyridine rings is 1. The molecule has 1 aliphatic heterocycles. The molecule has 1 aromatic carbocycles. The number of thiophene rings is 1. The lowest BCUT2D eigenvalue weighted by atomic mass is 10.1. The quantitative estimate of drug-likeness (QED) is 0.655. The highest BCUT2D eigenvalue weighted by molar-refractivity contribution is 7.18. The largest absolute Gasteiger partial charge is 0.378 e. The lowest BCUT2D eigenvalue weighted by Crippen LogP contribution is -2.35. The Hall–Kier alpha value is -2.70. The number of hydrogen-bond acceptors (Lipinski definition) is 5. The van der Waals surface area contributed by atoms with Crippen LogP contribution in [-0.2, 0) is 4.74 Å². The van der Waals surface area contributed by atoms with E-state index in [0.29, 0.717) is 23.6 Å². The minimum atomic E-state index is -0.0494. The number of rotatable bonds is 4. The van der Waals surface area contributed by atoms with Gasteiger partial charge in [-0.15, -0.1) is 11.3 Å². The summed E-state index contributed by atoms with van der Waals surface area (Å²) in [5, 5.41) is 1.13. The van der Waals surface area contributed by atoms with E-state index in [1.165, 1.54) is 0 Å². The minimum Gasteiger partial charge on any atom is -0.378 e. The number of hydrogen-bond donors (Lipinski definition) is 0. The standard InChI is InChI=1S/C23H25N3O2S/c1-17(2)24-21-10-6-7-11-26(21)22(27)20-16-19(18-8-4-3-5-9-18)23(29-20)25-12-14-28-15-13-25/h3-11,16-17H,12-15H2,1-2H3. The molecule has 5 nitrogen and oxygen atoms in total. The zero-order valence-corrected chi connectivity index (χ0v) is 17.6. The highest BCUT2D eigenvalue weighted by Crippen LogP contribution is 2.39. The van der Waals surface area contributed by atoms with E-state index >= 15 is 0 Å². The van der Waals surface area contributed by atoms with Crippen LogP contribution in [0.15, 0.2) is 65.8 Å². The van der Waals surface area contributed by atoms with Crippen LogP contribution >= 0.6 is 11.3 Å². The van der Waals surface area contributed by atoms with Gasteiger partial charge in [0.15, 0.2) is 0 Å². The molecule has 0 amide bonds. The molecule has 0 saturated carbocycles. The van der Waals surface area contributed by atoms with E-state index < -0.39 is 0 Å². The van der Waals surface area contributed by atoms with Crippen LogP contribution in [0.25, 0.3) is 11.1 Å². The Kier molecular flexibility index (Phi) is 5.92. The van der Waals surface area contributed by atoms with Crippen LogP contribution in [0.2, 0.25) is 0 Å². The first-order valence-corrected chi connectivity index (χ1v) is 10.7. The van der Waals surface area contributed by atoms with Crippen molar-refractivity contribution in [1.29, 1.82) is 0 Å². The summed E-state index contributed by atoms with van der Waals surface area (Å²) in [6.07, 6.45) is 1.79. The maximum atomic E-state index is 13.4. The van der Waals surface area contributed by atoms with Gasteiger partial charge < -0.3 is 9.64 Å². The van der Waals surface area contributed by atoms with Gasteiger partial charge in [-0.1, -0.05) is 36.4 Å². The maximum Gasteiger partial charge on any atom is 0.273 e. The lowest BCUT2D eigenvalue weighted by Gasteiger charge is -2.28. The molecule has 29 heavy (non-hydrogen) atoms. The average Bonchev–Trinajstić information content (AvgIpc) is 3.20. The summed E-state index contributed by atoms with van der Waals surface area (Å²) < 4.78 is 7.17. The van der Waals surface area contributed by atoms with Crippen molar-refractivity contribution in [2.24, 2.45) is 4.99 Å². The van der Waals surface area contributed by atoms with Crippen LogP contribution in [0.5, 0.6) is 0 Å². The van der Waals surface area contributed by atoms with Crippen molar-refractivity contribution in [2.45, 2.75) is 19.9 Å². The highest BCUT2D eigenvalue weighted by atomic mass is 32.1. The number of aromatic nitrogens is 1. The summed E-state index contributed by atoms with van der Waals surface area (Å²) in [7, 11) is 0. The van der Waals surface area contributed by atoms with Gasteiger partial charge in [0.25, 0.3) is 5.91 Å². The third-order valence-corrected chi connectivity index (χ3v) is 5.94. The molecule has 4 rings (SSSR count). The molecule has 0 radical (unpaired) electrons. The van der Waals surface area contributed by atoms with Gasteiger partial charge >= 0.3 is 0 Å². The molecule has 3 heterocycles. The first-order valence-electron chi connectivity index (χ1n) is 9.91. The second-order valence-electron chi connectivity index (χ2n) is 7.25. The number of benzene rings is 1. The van der Waals surface area contributed by atoms with Crippen molar-refractivity contribution in [3.05, 3.63) is 71.2 Å². The molecule has 0 bridgehead atoms. The predicted octanol–water partition coefficient (Wildman–Crippen LogP) is 4.05. The number of carbonyl (C=O) groups excluding carboxylic acids is 1. The van der Waals surface area contributed by atoms with Crippen molar-refractivity contribution >= 4 is 22.2 Å². The third kappa shape index (κ3) is 4.33. The van der Waals surface area contributed by atoms with E-state index in [1.54, 1.807) is 22.1 Å². The fraction of sp³-hybridized carbons (Fsp3) is 0.304. The number of ether oxygens (including phenoxy) is 1. The Bertz CT molecular complexity index is 1050. The minimum absolute atomic E-state index is 0.0494. The van der Waals surface area contributed by atoms with E-state index in [2.05, 4.69) is 22.0 Å². The van der Waals surface area contributed by atoms with Crippen LogP contribution in [0.1, 0.15) is 23.5 Å². The Morgan fingerprint density at radius 2 is 1.79 bits per heavy atom. The smallest absolute Gasteiger partial charge is 0.273 e. The Balaban J connectivity index is 1.79. The second-order valence-corrected chi connectivity index (χ2v) is 8.28. The van der Waals surface area contributed by atoms with E-state index in [4.69, 9.17) is 4.74 Å². The van der Waals surface area contributed by atoms with Crippen LogP contribution in [0.4, 0.5) is 5.00 Å². The normalized spacial score (nSPS) is 15.1. The van der Waals surface area contributed by atoms with Crippen molar-refractivity contribution < 1.29 is 9.53 Å². The van der Waals surface area contributed by atoms with Crippen molar-refractivity contribution in [1.82, 2.24) is 4.57 Å². The molecule has 3 aromatic rings. The van der Waals surface area contributed by atoms with E-state index in [1.807, 2.05) is 56.3 Å². The van der Waals surface area contributed by atoms with Gasteiger partial charge in [-0.3, -0.25) is 14.4 Å². The van der Waals surface area contributed by atoms with Gasteiger partial charge in [-0.05, 0) is 37.6 Å². The summed E-state index contributed by atoms with van der Waals surface area (Å²) in [5.74, 6) is -0.0494. The number of morpholine rings is 1. The molecule has 1 saturated heterocycles. The first kappa shape index (κ1) is 19.6. The molecule has 0 N–H and O–H groups in total. The number of nitrogens with zero attached hydrogens (tertiary/aromatic N) is 3. The van der Waals surface area contributed by atoms with Gasteiger partial charge in [-0.25, -0.2) is 0 Å². The lowest BCUT2D eigenvalue weighted by molar-refractivity contribution is 0.0958. The van der Waals surface area contributed by atoms with Crippen LogP contribution in [0, 0.1) is 0 Å². The molecule has 0 aliphatic carbocycles. The maximum absolute atomic E-state index is 13.4. The zero-order chi connectivity index (χ0) is 20.2. The molecule has 0 unspecified atom stereocenters. The first-order chi connectivity index (χ1) is 14.1. The molecule has 0 atom stereocenters. The monoisotopic (exact) mass is 407 g/mol. The van der Waals surface area contributed by atoms with Crippen LogP contribution < -0.4 is 10.4 Å². The fourth-order valence-electron chi connectivity index (χ4n) is 3.41. The molecule has 2 aromatic heterocycles. The Morgan fingerprint density at radius 1 is 1.07 bits per heavy atom. The molecule has 6 heteroatoms. The van der Waals surface area contributed by atoms with E-state index in [-0.39, 0.29) is 11.9 Å². The molecular weight excluding hydrogens is 382 g/mol. The molecule has 1 fully saturated rings. The Morgan fingerprint density at radius 3 is 2.52 bits per heavy atom. The van der Waals surface area contributed by atoms with Crippen molar-refractivity contribution in [2.75, 3.05) is 31.2 Å². The summed E-state index contributed by atoms with van der Waals surface area (Å²) in [4.78, 5) is 21.0. The average molecular weight is 408 g/mol. The third-order valence-electron chi connectivity index (χ3n) is 4.75. The Labute approximate surface area is 174 Å². The highest BCUT2D eigenvalue weighted by Gasteiger charge is 2.22. The van der Waals surface area contributed by atoms with Crippen LogP contribution in [-0.4, -0.2) is 42.8 Å². The second kappa shape index (κ2) is 8.76. The topological polar surface area (TPSA) is 46.8 Å². The van der Waals surface area contributed by atoms with Gasteiger partial charge in [0.1, 0.15) is 5.49 Å². The molecule has 1 aliphatic rings. The number of anilines is 1. The number of carbonyl (C=O) groups is 1. The summed E-state index contributed by atoms with van der Waals surface area (Å²) in [6.45, 7) is 7.11. The van der Waals surface area contributed by atoms with Crippen molar-refractivity contribution in [3.63, 3.8) is 0 Å². The van der Waals surface area contributed by atoms with Gasteiger partial charge in [0.2, 0.25) is 0 Å². The SMILES string of the molecule is CC(C)N=c1ccccn1C(=O)c1cc(-c2ccccc2)c(N2CCOCC2)s1. The molecular formula is C23H25N3O2S. The molecule has 150 valence electrons. The molecule has 0 spiro atoms. The van der Waals surface area contributed by atoms with Gasteiger partial charge in [-0.2, -0.15) is 0 Å². The predicted molar refractivity (Wildman–Crippen MR) is 118 cm³/mol. The summed E-state index contributed by atoms with van der Waals surface area (Å²) in [5.41, 5.74) is 2.89. The van der Waals surface area contributed by atoms with Gasteiger partial charge in [0, 0.05) is 30.9 Å². The zero-order valence-electron chi connectivity index (χ0n) is 16.7. The van der Waals surface area contributed by atoms with Crippen molar-refractivity contribution in [3.8, 4) is 11.1 Å². The fourth-order valence-corrected chi connectivity index (χ4v) is 4.58. The van der Waals surface area contributed by atoms with E-state index in [0.717, 1.165) is 29.2 Å². The van der Waals surface area contributed by atoms with E-state index in [9.17, 15) is 4.79 Å². The summed E-state index contributed by atoms with van der Waals surface area (Å²) in [6, 6.07) is 18.1.